The van der Waals surface area contributed by atoms with E-state index in [-0.39, 0.29) is 18.2 Å². The van der Waals surface area contributed by atoms with Gasteiger partial charge in [0.2, 0.25) is 11.8 Å². The molecule has 0 aliphatic carbocycles. The Bertz CT molecular complexity index is 1110. The van der Waals surface area contributed by atoms with Crippen molar-refractivity contribution in [3.05, 3.63) is 68.7 Å². The van der Waals surface area contributed by atoms with Crippen molar-refractivity contribution in [3.8, 4) is 17.5 Å². The fourth-order valence-corrected chi connectivity index (χ4v) is 3.50. The monoisotopic (exact) mass is 460 g/mol. The van der Waals surface area contributed by atoms with Gasteiger partial charge in [0, 0.05) is 38.0 Å². The van der Waals surface area contributed by atoms with Gasteiger partial charge in [-0.2, -0.15) is 4.98 Å². The first kappa shape index (κ1) is 19.4. The van der Waals surface area contributed by atoms with E-state index < -0.39 is 6.67 Å². The minimum absolute atomic E-state index is 0.197. The Kier molecular flexibility index (Phi) is 5.48. The molecule has 0 amide bonds. The van der Waals surface area contributed by atoms with Crippen LogP contribution < -0.4 is 20.1 Å². The molecule has 3 heterocycles. The topological polar surface area (TPSA) is 69.5 Å². The van der Waals surface area contributed by atoms with Crippen LogP contribution in [0, 0.1) is 0 Å². The van der Waals surface area contributed by atoms with E-state index in [1.54, 1.807) is 41.1 Å². The molecule has 0 fully saturated rings. The van der Waals surface area contributed by atoms with E-state index in [1.807, 2.05) is 18.0 Å². The highest BCUT2D eigenvalue weighted by Crippen LogP contribution is 2.29. The van der Waals surface area contributed by atoms with Crippen LogP contribution in [0.3, 0.4) is 0 Å². The molecule has 1 aromatic carbocycles. The maximum atomic E-state index is 12.8. The zero-order chi connectivity index (χ0) is 20.4. The van der Waals surface area contributed by atoms with Gasteiger partial charge in [-0.1, -0.05) is 12.1 Å². The van der Waals surface area contributed by atoms with Crippen LogP contribution in [0.1, 0.15) is 11.1 Å². The minimum Gasteiger partial charge on any atom is -0.473 e. The Morgan fingerprint density at radius 1 is 1.21 bits per heavy atom. The number of likely N-dealkylation sites (N-methyl/N-ethyl adjacent to an activating group) is 1. The predicted octanol–water partition coefficient (Wildman–Crippen LogP) is 3.69. The maximum Gasteiger partial charge on any atom is 0.352 e. The second-order valence-electron chi connectivity index (χ2n) is 6.61. The lowest BCUT2D eigenvalue weighted by Crippen LogP contribution is -2.22. The van der Waals surface area contributed by atoms with Crippen LogP contribution in [0.4, 0.5) is 10.2 Å². The van der Waals surface area contributed by atoms with Crippen LogP contribution in [-0.4, -0.2) is 28.1 Å². The number of hydrogen-bond donors (Lipinski definition) is 0. The number of rotatable bonds is 6. The van der Waals surface area contributed by atoms with Crippen LogP contribution in [0.2, 0.25) is 0 Å². The molecule has 0 bridgehead atoms. The minimum atomic E-state index is -0.557. The Balaban J connectivity index is 1.45. The largest absolute Gasteiger partial charge is 0.473 e. The third kappa shape index (κ3) is 4.24. The fourth-order valence-electron chi connectivity index (χ4n) is 3.02. The first-order valence-corrected chi connectivity index (χ1v) is 9.76. The van der Waals surface area contributed by atoms with Crippen molar-refractivity contribution >= 4 is 21.7 Å². The van der Waals surface area contributed by atoms with E-state index in [1.165, 1.54) is 0 Å². The molecule has 2 aromatic heterocycles. The lowest BCUT2D eigenvalue weighted by Gasteiger charge is -2.13. The quantitative estimate of drug-likeness (QED) is 0.558. The van der Waals surface area contributed by atoms with E-state index in [0.29, 0.717) is 28.2 Å². The highest BCUT2D eigenvalue weighted by Gasteiger charge is 2.19. The standard InChI is InChI=1S/C20H18BrFN4O3/c1-25-5-6-26-18(25)9-17(24-20(26)27)28-12-14-8-16(21)19(23-11-14)29-15-4-2-3-13(7-15)10-22/h2-4,7-9,11H,5-6,10,12H2,1H3. The number of anilines is 1. The van der Waals surface area contributed by atoms with Crippen molar-refractivity contribution in [2.45, 2.75) is 19.8 Å². The van der Waals surface area contributed by atoms with Crippen LogP contribution in [0.25, 0.3) is 0 Å². The number of ether oxygens (including phenoxy) is 2. The van der Waals surface area contributed by atoms with Crippen molar-refractivity contribution in [2.24, 2.45) is 0 Å². The summed E-state index contributed by atoms with van der Waals surface area (Å²) in [7, 11) is 1.92. The summed E-state index contributed by atoms with van der Waals surface area (Å²) in [5.41, 5.74) is 0.991. The van der Waals surface area contributed by atoms with Gasteiger partial charge < -0.3 is 14.4 Å². The fraction of sp³-hybridized carbons (Fsp3) is 0.250. The average Bonchev–Trinajstić information content (AvgIpc) is 3.10. The zero-order valence-corrected chi connectivity index (χ0v) is 17.2. The van der Waals surface area contributed by atoms with Gasteiger partial charge in [0.25, 0.3) is 0 Å². The number of aromatic nitrogens is 3. The molecule has 1 aliphatic heterocycles. The number of alkyl halides is 1. The highest BCUT2D eigenvalue weighted by molar-refractivity contribution is 9.10. The summed E-state index contributed by atoms with van der Waals surface area (Å²) in [4.78, 5) is 22.3. The van der Waals surface area contributed by atoms with Crippen molar-refractivity contribution in [1.82, 2.24) is 14.5 Å². The van der Waals surface area contributed by atoms with Gasteiger partial charge in [0.05, 0.1) is 4.47 Å². The van der Waals surface area contributed by atoms with Gasteiger partial charge in [-0.05, 0) is 39.7 Å². The van der Waals surface area contributed by atoms with E-state index in [2.05, 4.69) is 25.9 Å². The average molecular weight is 461 g/mol. The van der Waals surface area contributed by atoms with Crippen LogP contribution >= 0.6 is 15.9 Å². The maximum absolute atomic E-state index is 12.8. The number of benzene rings is 1. The SMILES string of the molecule is CN1CCn2c1cc(OCc1cnc(Oc3cccc(CF)c3)c(Br)c1)nc2=O. The third-order valence-electron chi connectivity index (χ3n) is 4.53. The second-order valence-corrected chi connectivity index (χ2v) is 7.46. The third-order valence-corrected chi connectivity index (χ3v) is 5.10. The number of nitrogens with zero attached hydrogens (tertiary/aromatic N) is 4. The van der Waals surface area contributed by atoms with E-state index in [4.69, 9.17) is 9.47 Å². The van der Waals surface area contributed by atoms with Crippen molar-refractivity contribution in [2.75, 3.05) is 18.5 Å². The summed E-state index contributed by atoms with van der Waals surface area (Å²) >= 11 is 3.43. The summed E-state index contributed by atoms with van der Waals surface area (Å²) < 4.78 is 26.5. The Hall–Kier alpha value is -2.94. The van der Waals surface area contributed by atoms with Gasteiger partial charge in [-0.3, -0.25) is 4.57 Å². The molecular weight excluding hydrogens is 443 g/mol. The molecule has 29 heavy (non-hydrogen) atoms. The van der Waals surface area contributed by atoms with Gasteiger partial charge in [0.1, 0.15) is 24.8 Å². The van der Waals surface area contributed by atoms with Crippen molar-refractivity contribution in [3.63, 3.8) is 0 Å². The predicted molar refractivity (Wildman–Crippen MR) is 109 cm³/mol. The molecule has 9 heteroatoms. The highest BCUT2D eigenvalue weighted by atomic mass is 79.9. The summed E-state index contributed by atoms with van der Waals surface area (Å²) in [5, 5.41) is 0. The lowest BCUT2D eigenvalue weighted by molar-refractivity contribution is 0.290. The zero-order valence-electron chi connectivity index (χ0n) is 15.6. The molecule has 0 spiro atoms. The molecule has 4 rings (SSSR count). The molecule has 0 unspecified atom stereocenters. The summed E-state index contributed by atoms with van der Waals surface area (Å²) in [5.74, 6) is 1.93. The summed E-state index contributed by atoms with van der Waals surface area (Å²) in [6, 6.07) is 10.3. The molecule has 0 N–H and O–H groups in total. The van der Waals surface area contributed by atoms with E-state index in [0.717, 1.165) is 17.9 Å². The van der Waals surface area contributed by atoms with E-state index in [9.17, 15) is 9.18 Å². The molecule has 0 radical (unpaired) electrons. The molecule has 3 aromatic rings. The van der Waals surface area contributed by atoms with Crippen LogP contribution in [0.15, 0.2) is 51.9 Å². The second kappa shape index (κ2) is 8.20. The van der Waals surface area contributed by atoms with Crippen molar-refractivity contribution < 1.29 is 13.9 Å². The number of halogens is 2. The van der Waals surface area contributed by atoms with Crippen LogP contribution in [-0.2, 0) is 19.8 Å². The molecule has 150 valence electrons. The number of hydrogen-bond acceptors (Lipinski definition) is 6. The molecule has 0 saturated carbocycles. The molecule has 0 saturated heterocycles. The molecule has 7 nitrogen and oxygen atoms in total. The number of pyridine rings is 1. The number of fused-ring (bicyclic) bond motifs is 1. The molecular formula is C20H18BrFN4O3. The van der Waals surface area contributed by atoms with Gasteiger partial charge in [-0.25, -0.2) is 14.2 Å². The summed E-state index contributed by atoms with van der Waals surface area (Å²) in [6.07, 6.45) is 1.62. The smallest absolute Gasteiger partial charge is 0.352 e. The Morgan fingerprint density at radius 2 is 2.07 bits per heavy atom. The van der Waals surface area contributed by atoms with Crippen LogP contribution in [0.5, 0.6) is 17.5 Å². The normalized spacial score (nSPS) is 12.7. The first-order chi connectivity index (χ1) is 14.0. The van der Waals surface area contributed by atoms with E-state index >= 15 is 0 Å². The summed E-state index contributed by atoms with van der Waals surface area (Å²) in [6.45, 7) is 1.04. The first-order valence-electron chi connectivity index (χ1n) is 8.96. The molecule has 0 atom stereocenters. The Morgan fingerprint density at radius 3 is 2.86 bits per heavy atom. The van der Waals surface area contributed by atoms with Gasteiger partial charge in [0.15, 0.2) is 0 Å². The van der Waals surface area contributed by atoms with Crippen molar-refractivity contribution in [1.29, 1.82) is 0 Å². The van der Waals surface area contributed by atoms with Gasteiger partial charge >= 0.3 is 5.69 Å². The lowest BCUT2D eigenvalue weighted by atomic mass is 10.2. The molecule has 1 aliphatic rings. The van der Waals surface area contributed by atoms with Gasteiger partial charge in [-0.15, -0.1) is 0 Å². The Labute approximate surface area is 174 Å².